The third-order valence-electron chi connectivity index (χ3n) is 1.88. The van der Waals surface area contributed by atoms with Gasteiger partial charge in [0.15, 0.2) is 0 Å². The Morgan fingerprint density at radius 1 is 1.55 bits per heavy atom. The molecular formula is C9H11BO. The number of carbonyl (C=O) groups is 1. The van der Waals surface area contributed by atoms with Crippen molar-refractivity contribution in [2.24, 2.45) is 0 Å². The first-order valence-electron chi connectivity index (χ1n) is 3.82. The van der Waals surface area contributed by atoms with Crippen LogP contribution in [-0.2, 0) is 6.42 Å². The van der Waals surface area contributed by atoms with Crippen molar-refractivity contribution in [3.8, 4) is 0 Å². The fraction of sp³-hybridized carbons (Fsp3) is 0.222. The van der Waals surface area contributed by atoms with Gasteiger partial charge < -0.3 is 0 Å². The minimum absolute atomic E-state index is 0.810. The third kappa shape index (κ3) is 1.70. The lowest BCUT2D eigenvalue weighted by Gasteiger charge is -2.00. The predicted octanol–water partition coefficient (Wildman–Crippen LogP) is 0.320. The molecule has 0 amide bonds. The van der Waals surface area contributed by atoms with Crippen LogP contribution in [0.25, 0.3) is 0 Å². The van der Waals surface area contributed by atoms with Crippen molar-refractivity contribution >= 4 is 19.6 Å². The summed E-state index contributed by atoms with van der Waals surface area (Å²) in [6.45, 7) is 2.08. The van der Waals surface area contributed by atoms with Crippen molar-refractivity contribution in [1.29, 1.82) is 0 Å². The molecule has 11 heavy (non-hydrogen) atoms. The summed E-state index contributed by atoms with van der Waals surface area (Å²) in [4.78, 5) is 10.5. The molecular weight excluding hydrogens is 135 g/mol. The number of carbonyl (C=O) groups excluding carboxylic acids is 1. The van der Waals surface area contributed by atoms with E-state index >= 15 is 0 Å². The second-order valence-electron chi connectivity index (χ2n) is 2.66. The van der Waals surface area contributed by atoms with Gasteiger partial charge in [0, 0.05) is 5.56 Å². The molecule has 56 valence electrons. The summed E-state index contributed by atoms with van der Waals surface area (Å²) >= 11 is 0. The molecule has 0 saturated heterocycles. The summed E-state index contributed by atoms with van der Waals surface area (Å²) in [5, 5.41) is 0. The molecule has 0 aliphatic heterocycles. The Morgan fingerprint density at radius 3 is 2.82 bits per heavy atom. The number of hydrogen-bond donors (Lipinski definition) is 0. The van der Waals surface area contributed by atoms with Gasteiger partial charge in [-0.15, -0.1) is 0 Å². The molecule has 0 atom stereocenters. The van der Waals surface area contributed by atoms with Crippen LogP contribution in [0.5, 0.6) is 0 Å². The topological polar surface area (TPSA) is 17.1 Å². The Morgan fingerprint density at radius 2 is 2.27 bits per heavy atom. The van der Waals surface area contributed by atoms with E-state index in [4.69, 9.17) is 0 Å². The summed E-state index contributed by atoms with van der Waals surface area (Å²) in [5.41, 5.74) is 3.08. The molecule has 1 rings (SSSR count). The van der Waals surface area contributed by atoms with Gasteiger partial charge in [0.2, 0.25) is 0 Å². The van der Waals surface area contributed by atoms with E-state index < -0.39 is 0 Å². The van der Waals surface area contributed by atoms with E-state index in [9.17, 15) is 4.79 Å². The fourth-order valence-corrected chi connectivity index (χ4v) is 1.04. The Labute approximate surface area is 67.8 Å². The predicted molar refractivity (Wildman–Crippen MR) is 49.4 cm³/mol. The van der Waals surface area contributed by atoms with Crippen LogP contribution < -0.4 is 5.46 Å². The molecule has 0 bridgehead atoms. The molecule has 0 radical (unpaired) electrons. The Kier molecular flexibility index (Phi) is 2.47. The zero-order valence-corrected chi connectivity index (χ0v) is 6.92. The Bertz CT molecular complexity index is 268. The van der Waals surface area contributed by atoms with Crippen LogP contribution in [0, 0.1) is 0 Å². The first kappa shape index (κ1) is 8.06. The van der Waals surface area contributed by atoms with Crippen LogP contribution in [0.1, 0.15) is 22.8 Å². The van der Waals surface area contributed by atoms with Crippen molar-refractivity contribution in [3.63, 3.8) is 0 Å². The second-order valence-corrected chi connectivity index (χ2v) is 2.66. The highest BCUT2D eigenvalue weighted by molar-refractivity contribution is 6.35. The van der Waals surface area contributed by atoms with Gasteiger partial charge in [-0.2, -0.15) is 0 Å². The third-order valence-corrected chi connectivity index (χ3v) is 1.88. The van der Waals surface area contributed by atoms with Crippen LogP contribution in [0.4, 0.5) is 0 Å². The quantitative estimate of drug-likeness (QED) is 0.433. The maximum absolute atomic E-state index is 10.5. The van der Waals surface area contributed by atoms with Gasteiger partial charge in [0.1, 0.15) is 14.1 Å². The van der Waals surface area contributed by atoms with Crippen LogP contribution in [0.3, 0.4) is 0 Å². The average molecular weight is 146 g/mol. The number of aldehydes is 1. The smallest absolute Gasteiger partial charge is 0.149 e. The molecule has 1 aromatic carbocycles. The molecule has 0 heterocycles. The molecule has 0 aliphatic carbocycles. The fourth-order valence-electron chi connectivity index (χ4n) is 1.04. The summed E-state index contributed by atoms with van der Waals surface area (Å²) in [6, 6.07) is 5.99. The minimum Gasteiger partial charge on any atom is -0.298 e. The molecule has 0 aromatic heterocycles. The van der Waals surface area contributed by atoms with Crippen molar-refractivity contribution < 1.29 is 4.79 Å². The molecule has 0 unspecified atom stereocenters. The summed E-state index contributed by atoms with van der Waals surface area (Å²) < 4.78 is 0. The van der Waals surface area contributed by atoms with Gasteiger partial charge >= 0.3 is 0 Å². The first-order valence-corrected chi connectivity index (χ1v) is 3.82. The van der Waals surface area contributed by atoms with Crippen molar-refractivity contribution in [1.82, 2.24) is 0 Å². The van der Waals surface area contributed by atoms with E-state index in [0.29, 0.717) is 0 Å². The SMILES string of the molecule is Bc1ccc(CC)cc1C=O. The number of aryl methyl sites for hydroxylation is 1. The van der Waals surface area contributed by atoms with E-state index in [1.165, 1.54) is 5.56 Å². The maximum Gasteiger partial charge on any atom is 0.149 e. The van der Waals surface area contributed by atoms with E-state index in [1.807, 2.05) is 20.0 Å². The molecule has 1 aromatic rings. The van der Waals surface area contributed by atoms with Crippen molar-refractivity contribution in [2.75, 3.05) is 0 Å². The second kappa shape index (κ2) is 3.38. The zero-order valence-electron chi connectivity index (χ0n) is 6.92. The summed E-state index contributed by atoms with van der Waals surface area (Å²) in [7, 11) is 1.95. The van der Waals surface area contributed by atoms with Crippen molar-refractivity contribution in [2.45, 2.75) is 13.3 Å². The van der Waals surface area contributed by atoms with Gasteiger partial charge in [-0.3, -0.25) is 4.79 Å². The van der Waals surface area contributed by atoms with Gasteiger partial charge in [-0.05, 0) is 18.1 Å². The van der Waals surface area contributed by atoms with Gasteiger partial charge in [-0.1, -0.05) is 24.5 Å². The van der Waals surface area contributed by atoms with Crippen LogP contribution in [-0.4, -0.2) is 14.1 Å². The van der Waals surface area contributed by atoms with E-state index in [1.54, 1.807) is 0 Å². The lowest BCUT2D eigenvalue weighted by atomic mass is 9.89. The van der Waals surface area contributed by atoms with E-state index in [2.05, 4.69) is 13.0 Å². The zero-order chi connectivity index (χ0) is 8.27. The molecule has 0 fully saturated rings. The van der Waals surface area contributed by atoms with Gasteiger partial charge in [0.25, 0.3) is 0 Å². The normalized spacial score (nSPS) is 9.55. The molecule has 1 nitrogen and oxygen atoms in total. The Balaban J connectivity index is 3.12. The minimum atomic E-state index is 0.810. The number of benzene rings is 1. The largest absolute Gasteiger partial charge is 0.298 e. The standard InChI is InChI=1S/C9H11BO/c1-2-7-3-4-9(10)8(5-7)6-11/h3-6H,2,10H2,1H3. The Hall–Kier alpha value is -1.05. The lowest BCUT2D eigenvalue weighted by Crippen LogP contribution is -2.09. The lowest BCUT2D eigenvalue weighted by molar-refractivity contribution is 0.112. The maximum atomic E-state index is 10.5. The monoisotopic (exact) mass is 146 g/mol. The summed E-state index contributed by atoms with van der Waals surface area (Å²) in [6.07, 6.45) is 1.90. The molecule has 0 saturated carbocycles. The van der Waals surface area contributed by atoms with Crippen LogP contribution in [0.15, 0.2) is 18.2 Å². The highest BCUT2D eigenvalue weighted by Gasteiger charge is 1.96. The van der Waals surface area contributed by atoms with E-state index in [0.717, 1.165) is 23.7 Å². The number of rotatable bonds is 2. The number of hydrogen-bond acceptors (Lipinski definition) is 1. The first-order chi connectivity index (χ1) is 5.27. The molecule has 0 N–H and O–H groups in total. The highest BCUT2D eigenvalue weighted by atomic mass is 16.1. The van der Waals surface area contributed by atoms with Gasteiger partial charge in [-0.25, -0.2) is 0 Å². The molecule has 0 spiro atoms. The van der Waals surface area contributed by atoms with Gasteiger partial charge in [0.05, 0.1) is 0 Å². The van der Waals surface area contributed by atoms with Crippen LogP contribution in [0.2, 0.25) is 0 Å². The molecule has 0 aliphatic rings. The molecule has 2 heteroatoms. The van der Waals surface area contributed by atoms with Crippen molar-refractivity contribution in [3.05, 3.63) is 29.3 Å². The average Bonchev–Trinajstić information content (AvgIpc) is 2.05. The van der Waals surface area contributed by atoms with E-state index in [-0.39, 0.29) is 0 Å². The van der Waals surface area contributed by atoms with Crippen LogP contribution >= 0.6 is 0 Å². The highest BCUT2D eigenvalue weighted by Crippen LogP contribution is 2.00. The summed E-state index contributed by atoms with van der Waals surface area (Å²) in [5.74, 6) is 0.